The number of nitrogens with one attached hydrogen (secondary N) is 1. The Morgan fingerprint density at radius 3 is 2.57 bits per heavy atom. The molecule has 0 unspecified atom stereocenters. The molecule has 0 saturated carbocycles. The molecular formula is C18H22Cl2FNO. The Balaban J connectivity index is 0.00000264. The van der Waals surface area contributed by atoms with Gasteiger partial charge >= 0.3 is 0 Å². The highest BCUT2D eigenvalue weighted by Gasteiger charge is 2.07. The maximum absolute atomic E-state index is 13.6. The van der Waals surface area contributed by atoms with Gasteiger partial charge in [-0.15, -0.1) is 12.4 Å². The highest BCUT2D eigenvalue weighted by Crippen LogP contribution is 2.24. The molecule has 0 saturated heterocycles. The van der Waals surface area contributed by atoms with Crippen LogP contribution in [0.15, 0.2) is 42.5 Å². The van der Waals surface area contributed by atoms with Crippen LogP contribution in [-0.4, -0.2) is 6.54 Å². The number of halogens is 3. The Morgan fingerprint density at radius 2 is 1.87 bits per heavy atom. The van der Waals surface area contributed by atoms with E-state index in [2.05, 4.69) is 19.2 Å². The molecule has 0 aromatic heterocycles. The van der Waals surface area contributed by atoms with Gasteiger partial charge in [0, 0.05) is 22.7 Å². The molecule has 0 heterocycles. The maximum atomic E-state index is 13.6. The molecule has 1 N–H and O–H groups in total. The molecule has 0 aliphatic rings. The normalized spacial score (nSPS) is 10.5. The zero-order chi connectivity index (χ0) is 15.9. The van der Waals surface area contributed by atoms with Gasteiger partial charge in [-0.3, -0.25) is 0 Å². The predicted octanol–water partition coefficient (Wildman–Crippen LogP) is 5.23. The van der Waals surface area contributed by atoms with Gasteiger partial charge in [0.25, 0.3) is 0 Å². The van der Waals surface area contributed by atoms with Gasteiger partial charge in [-0.1, -0.05) is 43.6 Å². The van der Waals surface area contributed by atoms with Crippen molar-refractivity contribution in [2.45, 2.75) is 27.0 Å². The van der Waals surface area contributed by atoms with Gasteiger partial charge in [-0.05, 0) is 36.7 Å². The van der Waals surface area contributed by atoms with Gasteiger partial charge < -0.3 is 10.1 Å². The van der Waals surface area contributed by atoms with Gasteiger partial charge in [0.05, 0.1) is 0 Å². The summed E-state index contributed by atoms with van der Waals surface area (Å²) in [7, 11) is 0. The van der Waals surface area contributed by atoms with Gasteiger partial charge in [0.15, 0.2) is 0 Å². The van der Waals surface area contributed by atoms with Crippen molar-refractivity contribution in [1.82, 2.24) is 5.32 Å². The van der Waals surface area contributed by atoms with Crippen LogP contribution in [0, 0.1) is 11.7 Å². The third-order valence-electron chi connectivity index (χ3n) is 3.23. The summed E-state index contributed by atoms with van der Waals surface area (Å²) in [6.45, 7) is 6.09. The summed E-state index contributed by atoms with van der Waals surface area (Å²) in [4.78, 5) is 0. The SMILES string of the molecule is CC(C)CNCc1cc(Cl)ccc1OCc1ccccc1F.Cl. The summed E-state index contributed by atoms with van der Waals surface area (Å²) in [5.74, 6) is 1.04. The van der Waals surface area contributed by atoms with Crippen LogP contribution in [0.25, 0.3) is 0 Å². The second-order valence-electron chi connectivity index (χ2n) is 5.66. The van der Waals surface area contributed by atoms with Gasteiger partial charge in [0.2, 0.25) is 0 Å². The molecule has 23 heavy (non-hydrogen) atoms. The molecule has 0 atom stereocenters. The first-order valence-electron chi connectivity index (χ1n) is 7.41. The molecule has 2 rings (SSSR count). The molecular weight excluding hydrogens is 336 g/mol. The Hall–Kier alpha value is -1.29. The number of benzene rings is 2. The van der Waals surface area contributed by atoms with Crippen LogP contribution in [0.3, 0.4) is 0 Å². The lowest BCUT2D eigenvalue weighted by Crippen LogP contribution is -2.19. The molecule has 0 spiro atoms. The van der Waals surface area contributed by atoms with Crippen molar-refractivity contribution >= 4 is 24.0 Å². The van der Waals surface area contributed by atoms with E-state index in [4.69, 9.17) is 16.3 Å². The van der Waals surface area contributed by atoms with Gasteiger partial charge in [0.1, 0.15) is 18.2 Å². The summed E-state index contributed by atoms with van der Waals surface area (Å²) in [6.07, 6.45) is 0. The van der Waals surface area contributed by atoms with Crippen LogP contribution in [0.5, 0.6) is 5.75 Å². The van der Waals surface area contributed by atoms with Crippen LogP contribution in [0.1, 0.15) is 25.0 Å². The number of ether oxygens (including phenoxy) is 1. The Kier molecular flexibility index (Phi) is 8.38. The third kappa shape index (κ3) is 6.38. The first-order chi connectivity index (χ1) is 10.6. The van der Waals surface area contributed by atoms with E-state index in [1.165, 1.54) is 6.07 Å². The fourth-order valence-electron chi connectivity index (χ4n) is 2.09. The van der Waals surface area contributed by atoms with E-state index in [0.29, 0.717) is 23.0 Å². The van der Waals surface area contributed by atoms with E-state index in [9.17, 15) is 4.39 Å². The minimum atomic E-state index is -0.254. The topological polar surface area (TPSA) is 21.3 Å². The first-order valence-corrected chi connectivity index (χ1v) is 7.79. The first kappa shape index (κ1) is 19.8. The number of hydrogen-bond acceptors (Lipinski definition) is 2. The molecule has 2 aromatic rings. The van der Waals surface area contributed by atoms with Crippen LogP contribution in [-0.2, 0) is 13.2 Å². The van der Waals surface area contributed by atoms with E-state index in [1.807, 2.05) is 12.1 Å². The van der Waals surface area contributed by atoms with Crippen molar-refractivity contribution in [1.29, 1.82) is 0 Å². The van der Waals surface area contributed by atoms with E-state index < -0.39 is 0 Å². The largest absolute Gasteiger partial charge is 0.488 e. The second kappa shape index (κ2) is 9.76. The molecule has 0 aliphatic heterocycles. The molecule has 2 nitrogen and oxygen atoms in total. The number of hydrogen-bond donors (Lipinski definition) is 1. The monoisotopic (exact) mass is 357 g/mol. The van der Waals surface area contributed by atoms with Crippen LogP contribution in [0.4, 0.5) is 4.39 Å². The zero-order valence-electron chi connectivity index (χ0n) is 13.3. The Morgan fingerprint density at radius 1 is 1.13 bits per heavy atom. The van der Waals surface area contributed by atoms with Crippen molar-refractivity contribution in [3.8, 4) is 5.75 Å². The summed E-state index contributed by atoms with van der Waals surface area (Å²) in [5.41, 5.74) is 1.52. The minimum absolute atomic E-state index is 0. The van der Waals surface area contributed by atoms with E-state index >= 15 is 0 Å². The average molecular weight is 358 g/mol. The highest BCUT2D eigenvalue weighted by atomic mass is 35.5. The second-order valence-corrected chi connectivity index (χ2v) is 6.09. The van der Waals surface area contributed by atoms with Crippen LogP contribution >= 0.6 is 24.0 Å². The van der Waals surface area contributed by atoms with Crippen molar-refractivity contribution in [2.75, 3.05) is 6.54 Å². The van der Waals surface area contributed by atoms with Crippen molar-refractivity contribution in [3.05, 3.63) is 64.4 Å². The van der Waals surface area contributed by atoms with Crippen LogP contribution < -0.4 is 10.1 Å². The number of rotatable bonds is 7. The summed E-state index contributed by atoms with van der Waals surface area (Å²) >= 11 is 6.06. The Bertz CT molecular complexity index is 620. The van der Waals surface area contributed by atoms with Crippen LogP contribution in [0.2, 0.25) is 5.02 Å². The fraction of sp³-hybridized carbons (Fsp3) is 0.333. The smallest absolute Gasteiger partial charge is 0.129 e. The molecule has 0 fully saturated rings. The van der Waals surface area contributed by atoms with E-state index in [1.54, 1.807) is 24.3 Å². The van der Waals surface area contributed by atoms with Gasteiger partial charge in [-0.25, -0.2) is 4.39 Å². The lowest BCUT2D eigenvalue weighted by molar-refractivity contribution is 0.296. The zero-order valence-corrected chi connectivity index (χ0v) is 14.9. The van der Waals surface area contributed by atoms with E-state index in [-0.39, 0.29) is 24.8 Å². The Labute approximate surface area is 148 Å². The summed E-state index contributed by atoms with van der Waals surface area (Å²) in [6, 6.07) is 12.1. The van der Waals surface area contributed by atoms with E-state index in [0.717, 1.165) is 17.9 Å². The highest BCUT2D eigenvalue weighted by molar-refractivity contribution is 6.30. The predicted molar refractivity (Wildman–Crippen MR) is 96.0 cm³/mol. The summed E-state index contributed by atoms with van der Waals surface area (Å²) < 4.78 is 19.4. The quantitative estimate of drug-likeness (QED) is 0.732. The summed E-state index contributed by atoms with van der Waals surface area (Å²) in [5, 5.41) is 4.03. The molecule has 5 heteroatoms. The average Bonchev–Trinajstić information content (AvgIpc) is 2.47. The van der Waals surface area contributed by atoms with Crippen molar-refractivity contribution in [3.63, 3.8) is 0 Å². The molecule has 0 bridgehead atoms. The molecule has 0 radical (unpaired) electrons. The molecule has 2 aromatic carbocycles. The fourth-order valence-corrected chi connectivity index (χ4v) is 2.29. The maximum Gasteiger partial charge on any atom is 0.129 e. The minimum Gasteiger partial charge on any atom is -0.488 e. The van der Waals surface area contributed by atoms with Gasteiger partial charge in [-0.2, -0.15) is 0 Å². The molecule has 126 valence electrons. The lowest BCUT2D eigenvalue weighted by atomic mass is 10.1. The molecule has 0 aliphatic carbocycles. The molecule has 0 amide bonds. The van der Waals surface area contributed by atoms with Crippen molar-refractivity contribution in [2.24, 2.45) is 5.92 Å². The standard InChI is InChI=1S/C18H21ClFNO.ClH/c1-13(2)10-21-11-15-9-16(19)7-8-18(15)22-12-14-5-3-4-6-17(14)20;/h3-9,13,21H,10-12H2,1-2H3;1H. The third-order valence-corrected chi connectivity index (χ3v) is 3.47. The lowest BCUT2D eigenvalue weighted by Gasteiger charge is -2.14. The van der Waals surface area contributed by atoms with Crippen molar-refractivity contribution < 1.29 is 9.13 Å².